The molecule has 0 N–H and O–H groups in total. The first-order valence-electron chi connectivity index (χ1n) is 18.4. The number of nitriles is 1. The van der Waals surface area contributed by atoms with E-state index in [0.29, 0.717) is 5.56 Å². The molecule has 53 heavy (non-hydrogen) atoms. The third kappa shape index (κ3) is 3.84. The van der Waals surface area contributed by atoms with E-state index in [4.69, 9.17) is 0 Å². The normalized spacial score (nSPS) is 15.4. The van der Waals surface area contributed by atoms with E-state index >= 15 is 0 Å². The van der Waals surface area contributed by atoms with Gasteiger partial charge >= 0.3 is 0 Å². The van der Waals surface area contributed by atoms with Gasteiger partial charge in [-0.25, -0.2) is 0 Å². The van der Waals surface area contributed by atoms with E-state index in [1.165, 1.54) is 45.0 Å². The highest BCUT2D eigenvalue weighted by atomic mass is 15.2. The average Bonchev–Trinajstić information content (AvgIpc) is 3.69. The van der Waals surface area contributed by atoms with Crippen molar-refractivity contribution in [3.8, 4) is 6.07 Å². The average molecular weight is 681 g/mol. The van der Waals surface area contributed by atoms with Crippen molar-refractivity contribution in [2.75, 3.05) is 9.80 Å². The maximum absolute atomic E-state index is 10.4. The Kier molecular flexibility index (Phi) is 5.83. The highest BCUT2D eigenvalue weighted by molar-refractivity contribution is 6.24. The van der Waals surface area contributed by atoms with Gasteiger partial charge in [0.15, 0.2) is 0 Å². The van der Waals surface area contributed by atoms with Gasteiger partial charge in [-0.2, -0.15) is 5.26 Å². The number of rotatable bonds is 2. The Hall–Kier alpha value is -6.57. The van der Waals surface area contributed by atoms with Crippen molar-refractivity contribution >= 4 is 72.2 Å². The lowest BCUT2D eigenvalue weighted by Crippen LogP contribution is -2.30. The van der Waals surface area contributed by atoms with E-state index < -0.39 is 0 Å². The Morgan fingerprint density at radius 2 is 0.792 bits per heavy atom. The van der Waals surface area contributed by atoms with Crippen molar-refractivity contribution in [3.63, 3.8) is 0 Å². The van der Waals surface area contributed by atoms with Crippen molar-refractivity contribution in [3.05, 3.63) is 173 Å². The number of hydrogen-bond donors (Lipinski definition) is 0. The van der Waals surface area contributed by atoms with Crippen LogP contribution in [0.4, 0.5) is 34.1 Å². The minimum Gasteiger partial charge on any atom is -0.310 e. The van der Waals surface area contributed by atoms with Gasteiger partial charge < -0.3 is 14.2 Å². The number of aromatic nitrogens is 1. The molecule has 0 spiro atoms. The van der Waals surface area contributed by atoms with Crippen molar-refractivity contribution in [1.29, 1.82) is 5.26 Å². The predicted octanol–water partition coefficient (Wildman–Crippen LogP) is 12.9. The fourth-order valence-electron chi connectivity index (χ4n) is 9.76. The lowest BCUT2D eigenvalue weighted by molar-refractivity contribution is 0.632. The Labute approximate surface area is 308 Å². The molecule has 0 unspecified atom stereocenters. The van der Waals surface area contributed by atoms with Crippen LogP contribution >= 0.6 is 0 Å². The van der Waals surface area contributed by atoms with Crippen molar-refractivity contribution in [2.24, 2.45) is 0 Å². The van der Waals surface area contributed by atoms with Gasteiger partial charge in [0.1, 0.15) is 0 Å². The molecule has 0 bridgehead atoms. The summed E-state index contributed by atoms with van der Waals surface area (Å²) >= 11 is 0. The maximum Gasteiger partial charge on any atom is 0.0992 e. The maximum atomic E-state index is 10.4. The lowest BCUT2D eigenvalue weighted by atomic mass is 9.73. The third-order valence-corrected chi connectivity index (χ3v) is 12.3. The Balaban J connectivity index is 1.15. The Morgan fingerprint density at radius 3 is 1.15 bits per heavy atom. The molecule has 7 aromatic carbocycles. The molecule has 252 valence electrons. The standard InChI is InChI=1S/C49H36N4/c1-48(2)37-13-5-9-17-43(37)51(44-18-10-6-14-38(44)48)31-21-23-41-33(27-31)35-25-30(29-50)26-36-34-28-32(22-24-42(34)53(41)47(35)36)52-45-19-11-7-15-39(45)49(3,4)40-16-8-12-20-46(40)52/h5-28H,1-4H3. The summed E-state index contributed by atoms with van der Waals surface area (Å²) in [6.07, 6.45) is 0. The summed E-state index contributed by atoms with van der Waals surface area (Å²) in [5.41, 5.74) is 16.1. The van der Waals surface area contributed by atoms with Crippen LogP contribution in [0.15, 0.2) is 146 Å². The van der Waals surface area contributed by atoms with Crippen LogP contribution in [0.25, 0.3) is 38.1 Å². The fraction of sp³-hybridized carbons (Fsp3) is 0.122. The van der Waals surface area contributed by atoms with Crippen molar-refractivity contribution in [2.45, 2.75) is 38.5 Å². The molecule has 0 atom stereocenters. The summed E-state index contributed by atoms with van der Waals surface area (Å²) in [4.78, 5) is 4.82. The predicted molar refractivity (Wildman–Crippen MR) is 219 cm³/mol. The van der Waals surface area contributed by atoms with Gasteiger partial charge in [0.25, 0.3) is 0 Å². The van der Waals surface area contributed by atoms with Gasteiger partial charge in [-0.05, 0) is 95.1 Å². The quantitative estimate of drug-likeness (QED) is 0.182. The number of benzene rings is 7. The van der Waals surface area contributed by atoms with Crippen LogP contribution in [0.2, 0.25) is 0 Å². The number of anilines is 6. The summed E-state index contributed by atoms with van der Waals surface area (Å²) in [5.74, 6) is 0. The van der Waals surface area contributed by atoms with Crippen molar-refractivity contribution < 1.29 is 0 Å². The van der Waals surface area contributed by atoms with Gasteiger partial charge in [0, 0.05) is 43.7 Å². The Bertz CT molecular complexity index is 2750. The van der Waals surface area contributed by atoms with Gasteiger partial charge in [-0.3, -0.25) is 0 Å². The number of para-hydroxylation sites is 4. The number of nitrogens with zero attached hydrogens (tertiary/aromatic N) is 4. The van der Waals surface area contributed by atoms with Crippen molar-refractivity contribution in [1.82, 2.24) is 4.40 Å². The molecular weight excluding hydrogens is 645 g/mol. The second-order valence-electron chi connectivity index (χ2n) is 15.8. The van der Waals surface area contributed by atoms with E-state index in [9.17, 15) is 5.26 Å². The Morgan fingerprint density at radius 1 is 0.434 bits per heavy atom. The minimum absolute atomic E-state index is 0.127. The summed E-state index contributed by atoms with van der Waals surface area (Å²) < 4.78 is 2.41. The lowest BCUT2D eigenvalue weighted by Gasteiger charge is -2.42. The molecule has 11 rings (SSSR count). The van der Waals surface area contributed by atoms with Gasteiger partial charge in [0.05, 0.1) is 50.9 Å². The minimum atomic E-state index is -0.127. The van der Waals surface area contributed by atoms with Crippen LogP contribution < -0.4 is 9.80 Å². The van der Waals surface area contributed by atoms with Crippen LogP contribution in [0.3, 0.4) is 0 Å². The first kappa shape index (κ1) is 30.1. The highest BCUT2D eigenvalue weighted by Crippen LogP contribution is 2.54. The van der Waals surface area contributed by atoms with Crippen LogP contribution in [0, 0.1) is 11.3 Å². The molecule has 0 saturated heterocycles. The molecule has 2 aliphatic heterocycles. The zero-order valence-corrected chi connectivity index (χ0v) is 30.1. The molecule has 0 fully saturated rings. The van der Waals surface area contributed by atoms with Gasteiger partial charge in [0.2, 0.25) is 0 Å². The molecule has 4 heterocycles. The SMILES string of the molecule is CC1(C)c2ccccc2N(c2ccc3c(c2)c2cc(C#N)cc4c5cc(N6c7ccccc7C(C)(C)c7ccccc76)ccc5n3c24)c2ccccc21. The van der Waals surface area contributed by atoms with E-state index in [-0.39, 0.29) is 10.8 Å². The summed E-state index contributed by atoms with van der Waals surface area (Å²) in [6.45, 7) is 9.29. The van der Waals surface area contributed by atoms with Crippen LogP contribution in [-0.2, 0) is 10.8 Å². The molecule has 0 amide bonds. The van der Waals surface area contributed by atoms with Gasteiger partial charge in [-0.15, -0.1) is 0 Å². The van der Waals surface area contributed by atoms with E-state index in [1.807, 2.05) is 0 Å². The molecule has 0 radical (unpaired) electrons. The van der Waals surface area contributed by atoms with E-state index in [0.717, 1.165) is 49.5 Å². The third-order valence-electron chi connectivity index (χ3n) is 12.3. The van der Waals surface area contributed by atoms with E-state index in [1.54, 1.807) is 0 Å². The zero-order chi connectivity index (χ0) is 35.8. The summed E-state index contributed by atoms with van der Waals surface area (Å²) in [6, 6.07) is 55.5. The summed E-state index contributed by atoms with van der Waals surface area (Å²) in [7, 11) is 0. The molecule has 0 aliphatic carbocycles. The van der Waals surface area contributed by atoms with Crippen LogP contribution in [0.5, 0.6) is 0 Å². The molecule has 2 aliphatic rings. The second kappa shape index (κ2) is 10.3. The van der Waals surface area contributed by atoms with Crippen LogP contribution in [0.1, 0.15) is 55.5 Å². The summed E-state index contributed by atoms with van der Waals surface area (Å²) in [5, 5.41) is 14.9. The first-order chi connectivity index (χ1) is 25.8. The molecular formula is C49H36N4. The smallest absolute Gasteiger partial charge is 0.0992 e. The monoisotopic (exact) mass is 680 g/mol. The molecule has 9 aromatic rings. The number of hydrogen-bond acceptors (Lipinski definition) is 3. The highest BCUT2D eigenvalue weighted by Gasteiger charge is 2.38. The van der Waals surface area contributed by atoms with E-state index in [2.05, 4.69) is 194 Å². The zero-order valence-electron chi connectivity index (χ0n) is 30.1. The van der Waals surface area contributed by atoms with Crippen LogP contribution in [-0.4, -0.2) is 4.40 Å². The molecule has 2 aromatic heterocycles. The first-order valence-corrected chi connectivity index (χ1v) is 18.4. The van der Waals surface area contributed by atoms with Gasteiger partial charge in [-0.1, -0.05) is 100 Å². The molecule has 4 nitrogen and oxygen atoms in total. The largest absolute Gasteiger partial charge is 0.310 e. The second-order valence-corrected chi connectivity index (χ2v) is 15.8. The number of fused-ring (bicyclic) bond motifs is 10. The fourth-order valence-corrected chi connectivity index (χ4v) is 9.76. The molecule has 0 saturated carbocycles. The topological polar surface area (TPSA) is 34.7 Å². The molecule has 4 heteroatoms.